The molecule has 0 bridgehead atoms. The van der Waals surface area contributed by atoms with Crippen molar-refractivity contribution in [2.24, 2.45) is 5.92 Å². The Kier molecular flexibility index (Phi) is 30.0. The van der Waals surface area contributed by atoms with E-state index >= 15 is 0 Å². The summed E-state index contributed by atoms with van der Waals surface area (Å²) in [7, 11) is 0. The van der Waals surface area contributed by atoms with Crippen LogP contribution in [0, 0.1) is 5.92 Å². The van der Waals surface area contributed by atoms with Gasteiger partial charge in [-0.1, -0.05) is 207 Å². The highest BCUT2D eigenvalue weighted by Gasteiger charge is 2.01. The fourth-order valence-corrected chi connectivity index (χ4v) is 5.34. The molecule has 200 valence electrons. The summed E-state index contributed by atoms with van der Waals surface area (Å²) in [5, 5.41) is 0. The zero-order valence-corrected chi connectivity index (χ0v) is 24.1. The standard InChI is InChI=1S/C33H68/c1-4-6-8-9-10-11-12-13-14-15-16-17-18-19-20-21-22-23-24-25-26-27-28-30-32-33(3)31-29-7-5-2/h33H,4-32H2,1-3H3. The van der Waals surface area contributed by atoms with E-state index < -0.39 is 0 Å². The van der Waals surface area contributed by atoms with Crippen LogP contribution in [0.3, 0.4) is 0 Å². The first-order valence-corrected chi connectivity index (χ1v) is 16.3. The summed E-state index contributed by atoms with van der Waals surface area (Å²) in [6.45, 7) is 7.08. The molecule has 0 N–H and O–H groups in total. The Balaban J connectivity index is 3.05. The first kappa shape index (κ1) is 33.0. The highest BCUT2D eigenvalue weighted by Crippen LogP contribution is 2.18. The van der Waals surface area contributed by atoms with E-state index in [-0.39, 0.29) is 0 Å². The van der Waals surface area contributed by atoms with Gasteiger partial charge in [-0.15, -0.1) is 0 Å². The lowest BCUT2D eigenvalue weighted by molar-refractivity contribution is 0.435. The summed E-state index contributed by atoms with van der Waals surface area (Å²) in [4.78, 5) is 0. The zero-order valence-electron chi connectivity index (χ0n) is 24.1. The highest BCUT2D eigenvalue weighted by molar-refractivity contribution is 4.55. The van der Waals surface area contributed by atoms with Crippen LogP contribution in [0.1, 0.15) is 207 Å². The Hall–Kier alpha value is 0. The van der Waals surface area contributed by atoms with Gasteiger partial charge in [0.2, 0.25) is 0 Å². The molecule has 1 atom stereocenters. The third-order valence-electron chi connectivity index (χ3n) is 7.85. The molecular formula is C33H68. The van der Waals surface area contributed by atoms with Gasteiger partial charge < -0.3 is 0 Å². The normalized spacial score (nSPS) is 12.5. The Morgan fingerprint density at radius 3 is 0.727 bits per heavy atom. The minimum Gasteiger partial charge on any atom is -0.0654 e. The summed E-state index contributed by atoms with van der Waals surface area (Å²) in [5.41, 5.74) is 0. The fourth-order valence-electron chi connectivity index (χ4n) is 5.34. The van der Waals surface area contributed by atoms with E-state index in [2.05, 4.69) is 20.8 Å². The van der Waals surface area contributed by atoms with E-state index in [1.807, 2.05) is 0 Å². The molecule has 0 saturated carbocycles. The average Bonchev–Trinajstić information content (AvgIpc) is 2.82. The van der Waals surface area contributed by atoms with E-state index in [0.717, 1.165) is 5.92 Å². The van der Waals surface area contributed by atoms with Crippen molar-refractivity contribution in [3.05, 3.63) is 0 Å². The Bertz CT molecular complexity index is 320. The van der Waals surface area contributed by atoms with Gasteiger partial charge in [0.25, 0.3) is 0 Å². The van der Waals surface area contributed by atoms with Crippen LogP contribution in [0.15, 0.2) is 0 Å². The van der Waals surface area contributed by atoms with Crippen LogP contribution in [-0.2, 0) is 0 Å². The van der Waals surface area contributed by atoms with Crippen LogP contribution in [0.4, 0.5) is 0 Å². The van der Waals surface area contributed by atoms with Crippen molar-refractivity contribution in [3.63, 3.8) is 0 Å². The first-order chi connectivity index (χ1) is 16.3. The Morgan fingerprint density at radius 2 is 0.455 bits per heavy atom. The molecule has 0 heterocycles. The quantitative estimate of drug-likeness (QED) is 0.0965. The van der Waals surface area contributed by atoms with E-state index in [1.165, 1.54) is 186 Å². The Labute approximate surface area is 212 Å². The summed E-state index contributed by atoms with van der Waals surface area (Å²) in [5.74, 6) is 0.969. The van der Waals surface area contributed by atoms with E-state index in [1.54, 1.807) is 0 Å². The third-order valence-corrected chi connectivity index (χ3v) is 7.85. The first-order valence-electron chi connectivity index (χ1n) is 16.3. The van der Waals surface area contributed by atoms with Gasteiger partial charge in [0, 0.05) is 0 Å². The van der Waals surface area contributed by atoms with Crippen molar-refractivity contribution in [3.8, 4) is 0 Å². The maximum atomic E-state index is 2.47. The van der Waals surface area contributed by atoms with E-state index in [4.69, 9.17) is 0 Å². The monoisotopic (exact) mass is 465 g/mol. The molecule has 0 nitrogen and oxygen atoms in total. The van der Waals surface area contributed by atoms with Gasteiger partial charge in [-0.2, -0.15) is 0 Å². The van der Waals surface area contributed by atoms with Crippen LogP contribution in [0.25, 0.3) is 0 Å². The van der Waals surface area contributed by atoms with Crippen LogP contribution in [0.5, 0.6) is 0 Å². The van der Waals surface area contributed by atoms with Gasteiger partial charge in [0.05, 0.1) is 0 Å². The largest absolute Gasteiger partial charge is 0.0654 e. The molecule has 0 spiro atoms. The molecule has 0 aliphatic rings. The molecule has 0 aromatic carbocycles. The second-order valence-electron chi connectivity index (χ2n) is 11.5. The van der Waals surface area contributed by atoms with Crippen LogP contribution in [0.2, 0.25) is 0 Å². The maximum Gasteiger partial charge on any atom is -0.0443 e. The van der Waals surface area contributed by atoms with Crippen LogP contribution < -0.4 is 0 Å². The van der Waals surface area contributed by atoms with Crippen molar-refractivity contribution in [1.82, 2.24) is 0 Å². The van der Waals surface area contributed by atoms with Crippen molar-refractivity contribution in [2.45, 2.75) is 207 Å². The molecule has 0 saturated heterocycles. The molecule has 0 rings (SSSR count). The van der Waals surface area contributed by atoms with Crippen LogP contribution in [-0.4, -0.2) is 0 Å². The summed E-state index contributed by atoms with van der Waals surface area (Å²) < 4.78 is 0. The molecule has 0 amide bonds. The predicted octanol–water partition coefficient (Wildman–Crippen LogP) is 13.0. The lowest BCUT2D eigenvalue weighted by atomic mass is 9.96. The number of unbranched alkanes of at least 4 members (excludes halogenated alkanes) is 25. The minimum absolute atomic E-state index is 0.969. The summed E-state index contributed by atoms with van der Waals surface area (Å²) in [6, 6.07) is 0. The molecule has 1 unspecified atom stereocenters. The van der Waals surface area contributed by atoms with Crippen molar-refractivity contribution >= 4 is 0 Å². The molecule has 33 heavy (non-hydrogen) atoms. The van der Waals surface area contributed by atoms with Gasteiger partial charge in [0.15, 0.2) is 0 Å². The van der Waals surface area contributed by atoms with Crippen molar-refractivity contribution < 1.29 is 0 Å². The molecule has 0 aromatic rings. The molecule has 0 aliphatic carbocycles. The SMILES string of the molecule is CCCCCCCCCCCCCCCCCCCCCCCCCCC(C)CCCCC. The summed E-state index contributed by atoms with van der Waals surface area (Å²) >= 11 is 0. The number of hydrogen-bond acceptors (Lipinski definition) is 0. The van der Waals surface area contributed by atoms with Gasteiger partial charge in [0.1, 0.15) is 0 Å². The molecule has 0 radical (unpaired) electrons. The van der Waals surface area contributed by atoms with E-state index in [0.29, 0.717) is 0 Å². The fraction of sp³-hybridized carbons (Fsp3) is 1.00. The molecule has 0 aliphatic heterocycles. The number of hydrogen-bond donors (Lipinski definition) is 0. The van der Waals surface area contributed by atoms with Crippen molar-refractivity contribution in [2.75, 3.05) is 0 Å². The average molecular weight is 465 g/mol. The van der Waals surface area contributed by atoms with Gasteiger partial charge in [-0.05, 0) is 5.92 Å². The zero-order chi connectivity index (χ0) is 24.1. The molecule has 0 fully saturated rings. The van der Waals surface area contributed by atoms with Gasteiger partial charge in [-0.25, -0.2) is 0 Å². The smallest absolute Gasteiger partial charge is 0.0443 e. The van der Waals surface area contributed by atoms with Gasteiger partial charge in [-0.3, -0.25) is 0 Å². The van der Waals surface area contributed by atoms with E-state index in [9.17, 15) is 0 Å². The summed E-state index contributed by atoms with van der Waals surface area (Å²) in [6.07, 6.45) is 42.8. The topological polar surface area (TPSA) is 0 Å². The third kappa shape index (κ3) is 30.0. The molecule has 0 heteroatoms. The maximum absolute atomic E-state index is 2.47. The number of rotatable bonds is 29. The highest BCUT2D eigenvalue weighted by atomic mass is 14.1. The molecular weight excluding hydrogens is 396 g/mol. The lowest BCUT2D eigenvalue weighted by Gasteiger charge is -2.10. The minimum atomic E-state index is 0.969. The van der Waals surface area contributed by atoms with Gasteiger partial charge >= 0.3 is 0 Å². The molecule has 0 aromatic heterocycles. The Morgan fingerprint density at radius 1 is 0.273 bits per heavy atom. The van der Waals surface area contributed by atoms with Crippen LogP contribution >= 0.6 is 0 Å². The predicted molar refractivity (Wildman–Crippen MR) is 154 cm³/mol. The van der Waals surface area contributed by atoms with Crippen molar-refractivity contribution in [1.29, 1.82) is 0 Å². The second kappa shape index (κ2) is 30.0. The lowest BCUT2D eigenvalue weighted by Crippen LogP contribution is -1.94. The second-order valence-corrected chi connectivity index (χ2v) is 11.5.